The van der Waals surface area contributed by atoms with E-state index in [4.69, 9.17) is 11.6 Å². The van der Waals surface area contributed by atoms with Gasteiger partial charge in [0.05, 0.1) is 23.1 Å². The van der Waals surface area contributed by atoms with E-state index in [9.17, 15) is 0 Å². The van der Waals surface area contributed by atoms with Crippen LogP contribution in [0.2, 0.25) is 5.02 Å². The molecule has 0 saturated carbocycles. The van der Waals surface area contributed by atoms with E-state index < -0.39 is 0 Å². The van der Waals surface area contributed by atoms with Crippen LogP contribution in [0.15, 0.2) is 30.6 Å². The highest BCUT2D eigenvalue weighted by atomic mass is 35.5. The predicted octanol–water partition coefficient (Wildman–Crippen LogP) is 3.22. The van der Waals surface area contributed by atoms with Crippen molar-refractivity contribution in [3.63, 3.8) is 0 Å². The molecule has 0 amide bonds. The van der Waals surface area contributed by atoms with E-state index in [1.165, 1.54) is 0 Å². The maximum Gasteiger partial charge on any atom is 0.151 e. The van der Waals surface area contributed by atoms with Gasteiger partial charge in [-0.1, -0.05) is 23.7 Å². The van der Waals surface area contributed by atoms with E-state index >= 15 is 0 Å². The van der Waals surface area contributed by atoms with E-state index in [0.29, 0.717) is 16.7 Å². The Labute approximate surface area is 105 Å². The van der Waals surface area contributed by atoms with Crippen molar-refractivity contribution < 1.29 is 0 Å². The van der Waals surface area contributed by atoms with Crippen molar-refractivity contribution in [1.82, 2.24) is 9.97 Å². The lowest BCUT2D eigenvalue weighted by molar-refractivity contribution is 1.18. The number of halogens is 1. The van der Waals surface area contributed by atoms with Crippen LogP contribution in [-0.2, 0) is 0 Å². The molecule has 0 aliphatic heterocycles. The van der Waals surface area contributed by atoms with Crippen molar-refractivity contribution in [2.75, 3.05) is 17.7 Å². The Balaban J connectivity index is 2.28. The molecule has 17 heavy (non-hydrogen) atoms. The van der Waals surface area contributed by atoms with Crippen molar-refractivity contribution in [3.05, 3.63) is 41.2 Å². The molecule has 0 spiro atoms. The fraction of sp³-hybridized carbons (Fsp3) is 0.167. The van der Waals surface area contributed by atoms with Crippen LogP contribution in [0.25, 0.3) is 0 Å². The molecule has 0 radical (unpaired) electrons. The molecule has 0 aliphatic rings. The van der Waals surface area contributed by atoms with Gasteiger partial charge in [0, 0.05) is 7.05 Å². The minimum Gasteiger partial charge on any atom is -0.372 e. The first-order valence-corrected chi connectivity index (χ1v) is 5.60. The molecule has 2 aromatic rings. The molecule has 0 bridgehead atoms. The van der Waals surface area contributed by atoms with Gasteiger partial charge in [0.15, 0.2) is 5.82 Å². The highest BCUT2D eigenvalue weighted by Crippen LogP contribution is 2.27. The Bertz CT molecular complexity index is 528. The molecule has 5 heteroatoms. The number of hydrogen-bond donors (Lipinski definition) is 2. The number of hydrogen-bond acceptors (Lipinski definition) is 4. The van der Waals surface area contributed by atoms with Crippen molar-refractivity contribution in [2.24, 2.45) is 0 Å². The first kappa shape index (κ1) is 11.7. The molecule has 2 rings (SSSR count). The molecule has 1 aromatic carbocycles. The van der Waals surface area contributed by atoms with Crippen molar-refractivity contribution in [1.29, 1.82) is 0 Å². The normalized spacial score (nSPS) is 10.1. The predicted molar refractivity (Wildman–Crippen MR) is 71.1 cm³/mol. The fourth-order valence-electron chi connectivity index (χ4n) is 1.43. The molecule has 2 N–H and O–H groups in total. The maximum absolute atomic E-state index is 6.19. The molecule has 0 atom stereocenters. The lowest BCUT2D eigenvalue weighted by atomic mass is 10.2. The summed E-state index contributed by atoms with van der Waals surface area (Å²) in [6.45, 7) is 1.96. The summed E-state index contributed by atoms with van der Waals surface area (Å²) < 4.78 is 0. The Morgan fingerprint density at radius 1 is 1.18 bits per heavy atom. The van der Waals surface area contributed by atoms with Crippen LogP contribution >= 0.6 is 11.6 Å². The number of anilines is 3. The summed E-state index contributed by atoms with van der Waals surface area (Å²) >= 11 is 6.19. The van der Waals surface area contributed by atoms with Crippen LogP contribution in [0.5, 0.6) is 0 Å². The third-order valence-electron chi connectivity index (χ3n) is 2.35. The van der Waals surface area contributed by atoms with Crippen LogP contribution in [0, 0.1) is 6.92 Å². The molecular formula is C12H13ClN4. The van der Waals surface area contributed by atoms with Crippen LogP contribution in [0.3, 0.4) is 0 Å². The largest absolute Gasteiger partial charge is 0.372 e. The van der Waals surface area contributed by atoms with Gasteiger partial charge >= 0.3 is 0 Å². The van der Waals surface area contributed by atoms with E-state index in [1.807, 2.05) is 25.1 Å². The zero-order valence-corrected chi connectivity index (χ0v) is 10.4. The van der Waals surface area contributed by atoms with Gasteiger partial charge in [0.2, 0.25) is 0 Å². The third-order valence-corrected chi connectivity index (χ3v) is 2.85. The summed E-state index contributed by atoms with van der Waals surface area (Å²) in [7, 11) is 1.80. The van der Waals surface area contributed by atoms with Crippen LogP contribution in [0.4, 0.5) is 17.3 Å². The maximum atomic E-state index is 6.19. The number of nitrogens with one attached hydrogen (secondary N) is 2. The zero-order chi connectivity index (χ0) is 12.3. The quantitative estimate of drug-likeness (QED) is 0.876. The topological polar surface area (TPSA) is 49.8 Å². The summed E-state index contributed by atoms with van der Waals surface area (Å²) in [5.41, 5.74) is 1.85. The number of aryl methyl sites for hydroxylation is 1. The number of aromatic nitrogens is 2. The molecule has 0 unspecified atom stereocenters. The second-order valence-electron chi connectivity index (χ2n) is 3.60. The van der Waals surface area contributed by atoms with E-state index in [1.54, 1.807) is 19.4 Å². The second-order valence-corrected chi connectivity index (χ2v) is 3.98. The van der Waals surface area contributed by atoms with Crippen molar-refractivity contribution in [2.45, 2.75) is 6.92 Å². The summed E-state index contributed by atoms with van der Waals surface area (Å²) in [5, 5.41) is 6.77. The van der Waals surface area contributed by atoms with Gasteiger partial charge < -0.3 is 10.6 Å². The van der Waals surface area contributed by atoms with Gasteiger partial charge in [-0.05, 0) is 18.6 Å². The summed E-state index contributed by atoms with van der Waals surface area (Å²) in [4.78, 5) is 8.39. The van der Waals surface area contributed by atoms with Crippen LogP contribution in [0.1, 0.15) is 5.56 Å². The summed E-state index contributed by atoms with van der Waals surface area (Å²) in [5.74, 6) is 1.36. The zero-order valence-electron chi connectivity index (χ0n) is 9.66. The van der Waals surface area contributed by atoms with Gasteiger partial charge in [0.25, 0.3) is 0 Å². The molecule has 1 aromatic heterocycles. The minimum absolute atomic E-state index is 0.657. The van der Waals surface area contributed by atoms with Crippen LogP contribution in [-0.4, -0.2) is 17.0 Å². The van der Waals surface area contributed by atoms with Crippen LogP contribution < -0.4 is 10.6 Å². The SMILES string of the molecule is CNc1cncc(Nc2cccc(C)c2Cl)n1. The Hall–Kier alpha value is -1.81. The first-order chi connectivity index (χ1) is 8.20. The van der Waals surface area contributed by atoms with Gasteiger partial charge in [0.1, 0.15) is 5.82 Å². The van der Waals surface area contributed by atoms with E-state index in [0.717, 1.165) is 11.3 Å². The van der Waals surface area contributed by atoms with Crippen molar-refractivity contribution in [3.8, 4) is 0 Å². The number of benzene rings is 1. The molecule has 0 saturated heterocycles. The first-order valence-electron chi connectivity index (χ1n) is 5.22. The molecule has 0 fully saturated rings. The molecular weight excluding hydrogens is 236 g/mol. The molecule has 0 aliphatic carbocycles. The Morgan fingerprint density at radius 2 is 1.94 bits per heavy atom. The molecule has 4 nitrogen and oxygen atoms in total. The van der Waals surface area contributed by atoms with Crippen molar-refractivity contribution >= 4 is 28.9 Å². The van der Waals surface area contributed by atoms with Gasteiger partial charge in [-0.25, -0.2) is 4.98 Å². The standard InChI is InChI=1S/C12H13ClN4/c1-8-4-3-5-9(12(8)13)16-11-7-15-6-10(14-2)17-11/h3-7H,1-2H3,(H2,14,16,17). The molecule has 88 valence electrons. The number of rotatable bonds is 3. The second kappa shape index (κ2) is 5.01. The smallest absolute Gasteiger partial charge is 0.151 e. The lowest BCUT2D eigenvalue weighted by Crippen LogP contribution is -1.99. The highest BCUT2D eigenvalue weighted by molar-refractivity contribution is 6.34. The highest BCUT2D eigenvalue weighted by Gasteiger charge is 2.04. The Kier molecular flexibility index (Phi) is 3.44. The lowest BCUT2D eigenvalue weighted by Gasteiger charge is -2.09. The van der Waals surface area contributed by atoms with Gasteiger partial charge in [-0.2, -0.15) is 0 Å². The van der Waals surface area contributed by atoms with E-state index in [-0.39, 0.29) is 0 Å². The average molecular weight is 249 g/mol. The fourth-order valence-corrected chi connectivity index (χ4v) is 1.60. The third kappa shape index (κ3) is 2.65. The molecule has 1 heterocycles. The van der Waals surface area contributed by atoms with Gasteiger partial charge in [-0.15, -0.1) is 0 Å². The number of nitrogens with zero attached hydrogens (tertiary/aromatic N) is 2. The minimum atomic E-state index is 0.657. The monoisotopic (exact) mass is 248 g/mol. The summed E-state index contributed by atoms with van der Waals surface area (Å²) in [6, 6.07) is 5.81. The average Bonchev–Trinajstić information content (AvgIpc) is 2.35. The van der Waals surface area contributed by atoms with E-state index in [2.05, 4.69) is 20.6 Å². The Morgan fingerprint density at radius 3 is 2.71 bits per heavy atom. The summed E-state index contributed by atoms with van der Waals surface area (Å²) in [6.07, 6.45) is 3.31. The van der Waals surface area contributed by atoms with Gasteiger partial charge in [-0.3, -0.25) is 4.98 Å².